The lowest BCUT2D eigenvalue weighted by Crippen LogP contribution is -2.35. The maximum Gasteiger partial charge on any atom is 0.264 e. The van der Waals surface area contributed by atoms with Gasteiger partial charge in [0.25, 0.3) is 5.56 Å². The van der Waals surface area contributed by atoms with Crippen molar-refractivity contribution in [1.82, 2.24) is 19.5 Å². The Hall–Kier alpha value is -3.13. The van der Waals surface area contributed by atoms with Crippen LogP contribution in [0.3, 0.4) is 0 Å². The number of carbonyl (C=O) groups is 1. The van der Waals surface area contributed by atoms with Crippen molar-refractivity contribution in [2.24, 2.45) is 13.0 Å². The van der Waals surface area contributed by atoms with Crippen molar-refractivity contribution in [3.8, 4) is 11.3 Å². The molecule has 0 unspecified atom stereocenters. The highest BCUT2D eigenvalue weighted by atomic mass is 16.3. The van der Waals surface area contributed by atoms with E-state index in [1.54, 1.807) is 33.2 Å². The summed E-state index contributed by atoms with van der Waals surface area (Å²) in [5, 5.41) is 10.7. The van der Waals surface area contributed by atoms with Crippen molar-refractivity contribution >= 4 is 23.0 Å². The van der Waals surface area contributed by atoms with Gasteiger partial charge in [0, 0.05) is 38.3 Å². The number of pyridine rings is 2. The molecule has 3 aromatic heterocycles. The summed E-state index contributed by atoms with van der Waals surface area (Å²) in [6, 6.07) is 5.49. The van der Waals surface area contributed by atoms with Crippen LogP contribution in [-0.2, 0) is 17.4 Å². The highest BCUT2D eigenvalue weighted by molar-refractivity contribution is 5.91. The van der Waals surface area contributed by atoms with Crippen LogP contribution in [0, 0.1) is 5.92 Å². The van der Waals surface area contributed by atoms with E-state index < -0.39 is 5.60 Å². The lowest BCUT2D eigenvalue weighted by molar-refractivity contribution is -0.108. The number of rotatable bonds is 6. The third-order valence-corrected chi connectivity index (χ3v) is 6.18. The first kappa shape index (κ1) is 22.1. The molecule has 0 saturated carbocycles. The molecule has 1 saturated heterocycles. The second-order valence-corrected chi connectivity index (χ2v) is 9.05. The summed E-state index contributed by atoms with van der Waals surface area (Å²) in [7, 11) is 1.69. The number of aliphatic hydroxyl groups is 1. The average Bonchev–Trinajstić information content (AvgIpc) is 2.79. The third kappa shape index (κ3) is 4.41. The van der Waals surface area contributed by atoms with Crippen LogP contribution < -0.4 is 10.5 Å². The Morgan fingerprint density at radius 3 is 2.59 bits per heavy atom. The normalized spacial score (nSPS) is 15.3. The third-order valence-electron chi connectivity index (χ3n) is 6.18. The fourth-order valence-electron chi connectivity index (χ4n) is 4.22. The van der Waals surface area contributed by atoms with Crippen molar-refractivity contribution in [3.05, 3.63) is 46.8 Å². The minimum Gasteiger partial charge on any atom is -0.384 e. The summed E-state index contributed by atoms with van der Waals surface area (Å²) in [5.74, 6) is 1.16. The number of anilines is 1. The minimum atomic E-state index is -1.03. The fourth-order valence-corrected chi connectivity index (χ4v) is 4.22. The summed E-state index contributed by atoms with van der Waals surface area (Å²) in [5.41, 5.74) is 1.51. The number of carbonyl (C=O) groups excluding carboxylic acids is 1. The molecule has 168 valence electrons. The van der Waals surface area contributed by atoms with Crippen molar-refractivity contribution in [2.75, 3.05) is 18.0 Å². The van der Waals surface area contributed by atoms with Gasteiger partial charge in [-0.1, -0.05) is 0 Å². The molecule has 0 aromatic carbocycles. The first-order valence-electron chi connectivity index (χ1n) is 11.0. The fraction of sp³-hybridized carbons (Fsp3) is 0.458. The molecule has 1 aliphatic heterocycles. The number of hydrogen-bond donors (Lipinski definition) is 1. The van der Waals surface area contributed by atoms with Crippen LogP contribution >= 0.6 is 0 Å². The number of aryl methyl sites for hydroxylation is 1. The zero-order valence-corrected chi connectivity index (χ0v) is 18.8. The highest BCUT2D eigenvalue weighted by Gasteiger charge is 2.24. The van der Waals surface area contributed by atoms with E-state index in [9.17, 15) is 14.7 Å². The van der Waals surface area contributed by atoms with Crippen LogP contribution in [0.2, 0.25) is 0 Å². The molecule has 32 heavy (non-hydrogen) atoms. The number of fused-ring (bicyclic) bond motifs is 1. The Balaban J connectivity index is 1.75. The Kier molecular flexibility index (Phi) is 6.06. The maximum absolute atomic E-state index is 13.0. The standard InChI is InChI=1S/C24H29N5O3/c1-24(2,32)20-7-6-17(14-25-20)18-13-19-21(23(31)28(3)15-26-19)22(27-18)29-10-8-16(9-11-29)5-4-12-30/h6-7,12-16,32H,4-5,8-11H2,1-3H3. The van der Waals surface area contributed by atoms with E-state index >= 15 is 0 Å². The predicted octanol–water partition coefficient (Wildman–Crippen LogP) is 2.81. The van der Waals surface area contributed by atoms with Gasteiger partial charge in [-0.25, -0.2) is 9.97 Å². The molecular formula is C24H29N5O3. The van der Waals surface area contributed by atoms with E-state index in [1.807, 2.05) is 12.1 Å². The molecule has 8 nitrogen and oxygen atoms in total. The molecule has 4 rings (SSSR count). The smallest absolute Gasteiger partial charge is 0.264 e. The number of piperidine rings is 1. The molecule has 1 aliphatic rings. The van der Waals surface area contributed by atoms with Gasteiger partial charge in [0.05, 0.1) is 23.2 Å². The molecular weight excluding hydrogens is 406 g/mol. The van der Waals surface area contributed by atoms with Crippen LogP contribution in [0.1, 0.15) is 45.2 Å². The van der Waals surface area contributed by atoms with Gasteiger partial charge in [-0.15, -0.1) is 0 Å². The molecule has 1 N–H and O–H groups in total. The van der Waals surface area contributed by atoms with Crippen LogP contribution in [-0.4, -0.2) is 44.0 Å². The summed E-state index contributed by atoms with van der Waals surface area (Å²) >= 11 is 0. The Bertz CT molecular complexity index is 1170. The van der Waals surface area contributed by atoms with E-state index in [2.05, 4.69) is 14.9 Å². The Morgan fingerprint density at radius 2 is 1.97 bits per heavy atom. The maximum atomic E-state index is 13.0. The summed E-state index contributed by atoms with van der Waals surface area (Å²) < 4.78 is 1.48. The predicted molar refractivity (Wildman–Crippen MR) is 123 cm³/mol. The van der Waals surface area contributed by atoms with E-state index in [0.717, 1.165) is 44.2 Å². The molecule has 0 aliphatic carbocycles. The largest absolute Gasteiger partial charge is 0.384 e. The van der Waals surface area contributed by atoms with Gasteiger partial charge in [-0.05, 0) is 57.2 Å². The van der Waals surface area contributed by atoms with Gasteiger partial charge in [0.15, 0.2) is 0 Å². The Morgan fingerprint density at radius 1 is 1.22 bits per heavy atom. The molecule has 0 spiro atoms. The zero-order chi connectivity index (χ0) is 22.9. The molecule has 0 amide bonds. The molecule has 0 radical (unpaired) electrons. The summed E-state index contributed by atoms with van der Waals surface area (Å²) in [6.07, 6.45) is 7.63. The van der Waals surface area contributed by atoms with Gasteiger partial charge in [-0.3, -0.25) is 9.78 Å². The van der Waals surface area contributed by atoms with Gasteiger partial charge < -0.3 is 19.4 Å². The van der Waals surface area contributed by atoms with E-state index in [4.69, 9.17) is 4.98 Å². The van der Waals surface area contributed by atoms with Crippen molar-refractivity contribution in [3.63, 3.8) is 0 Å². The van der Waals surface area contributed by atoms with E-state index in [-0.39, 0.29) is 5.56 Å². The van der Waals surface area contributed by atoms with Gasteiger partial charge in [-0.2, -0.15) is 0 Å². The minimum absolute atomic E-state index is 0.123. The number of aromatic nitrogens is 4. The molecule has 3 aromatic rings. The molecule has 8 heteroatoms. The van der Waals surface area contributed by atoms with Gasteiger partial charge in [0.2, 0.25) is 0 Å². The SMILES string of the molecule is Cn1cnc2cc(-c3ccc(C(C)(C)O)nc3)nc(N3CCC(CCC=O)CC3)c2c1=O. The highest BCUT2D eigenvalue weighted by Crippen LogP contribution is 2.31. The lowest BCUT2D eigenvalue weighted by atomic mass is 9.92. The van der Waals surface area contributed by atoms with Crippen LogP contribution in [0.5, 0.6) is 0 Å². The second kappa shape index (κ2) is 8.78. The lowest BCUT2D eigenvalue weighted by Gasteiger charge is -2.33. The number of nitrogens with zero attached hydrogens (tertiary/aromatic N) is 5. The van der Waals surface area contributed by atoms with Crippen molar-refractivity contribution in [2.45, 2.75) is 45.1 Å². The summed E-state index contributed by atoms with van der Waals surface area (Å²) in [4.78, 5) is 39.6. The number of hydrogen-bond acceptors (Lipinski definition) is 7. The quantitative estimate of drug-likeness (QED) is 0.594. The van der Waals surface area contributed by atoms with E-state index in [1.165, 1.54) is 10.9 Å². The monoisotopic (exact) mass is 435 g/mol. The van der Waals surface area contributed by atoms with Gasteiger partial charge in [0.1, 0.15) is 23.1 Å². The van der Waals surface area contributed by atoms with Crippen LogP contribution in [0.15, 0.2) is 35.5 Å². The molecule has 4 heterocycles. The van der Waals surface area contributed by atoms with Crippen molar-refractivity contribution < 1.29 is 9.90 Å². The molecule has 0 atom stereocenters. The zero-order valence-electron chi connectivity index (χ0n) is 18.8. The van der Waals surface area contributed by atoms with Crippen molar-refractivity contribution in [1.29, 1.82) is 0 Å². The first-order chi connectivity index (χ1) is 15.3. The van der Waals surface area contributed by atoms with Crippen LogP contribution in [0.25, 0.3) is 22.2 Å². The van der Waals surface area contributed by atoms with E-state index in [0.29, 0.717) is 40.4 Å². The summed E-state index contributed by atoms with van der Waals surface area (Å²) in [6.45, 7) is 4.95. The molecule has 1 fully saturated rings. The molecule has 0 bridgehead atoms. The van der Waals surface area contributed by atoms with Crippen LogP contribution in [0.4, 0.5) is 5.82 Å². The topological polar surface area (TPSA) is 101 Å². The Labute approximate surface area is 187 Å². The first-order valence-corrected chi connectivity index (χ1v) is 11.0. The second-order valence-electron chi connectivity index (χ2n) is 9.05. The van der Waals surface area contributed by atoms with Gasteiger partial charge >= 0.3 is 0 Å². The number of aldehydes is 1. The average molecular weight is 436 g/mol.